The fraction of sp³-hybridized carbons (Fsp3) is 0.318. The van der Waals surface area contributed by atoms with Gasteiger partial charge < -0.3 is 10.1 Å². The summed E-state index contributed by atoms with van der Waals surface area (Å²) < 4.78 is 6.27. The van der Waals surface area contributed by atoms with Gasteiger partial charge in [0.1, 0.15) is 0 Å². The number of nitrogens with one attached hydrogen (secondary N) is 1. The molecule has 5 nitrogen and oxygen atoms in total. The van der Waals surface area contributed by atoms with Crippen LogP contribution in [-0.4, -0.2) is 20.9 Å². The zero-order valence-electron chi connectivity index (χ0n) is 16.6. The maximum atomic E-state index is 6.45. The van der Waals surface area contributed by atoms with E-state index in [0.29, 0.717) is 26.8 Å². The quantitative estimate of drug-likeness (QED) is 0.301. The average molecular weight is 461 g/mol. The molecular formula is C22H22Cl2N4OS. The van der Waals surface area contributed by atoms with Crippen LogP contribution in [0.25, 0.3) is 11.3 Å². The lowest BCUT2D eigenvalue weighted by Gasteiger charge is -2.20. The molecule has 0 aliphatic carbocycles. The number of anilines is 1. The molecule has 1 aliphatic rings. The van der Waals surface area contributed by atoms with Crippen molar-refractivity contribution in [2.24, 2.45) is 0 Å². The predicted octanol–water partition coefficient (Wildman–Crippen LogP) is 7.02. The van der Waals surface area contributed by atoms with Crippen molar-refractivity contribution < 1.29 is 4.74 Å². The van der Waals surface area contributed by atoms with Gasteiger partial charge in [-0.2, -0.15) is 4.98 Å². The lowest BCUT2D eigenvalue weighted by molar-refractivity contribution is 0.225. The van der Waals surface area contributed by atoms with E-state index in [2.05, 4.69) is 27.4 Å². The number of hydrogen-bond donors (Lipinski definition) is 1. The van der Waals surface area contributed by atoms with Crippen molar-refractivity contribution in [3.8, 4) is 17.1 Å². The Balaban J connectivity index is 1.65. The van der Waals surface area contributed by atoms with Crippen molar-refractivity contribution in [3.05, 3.63) is 58.1 Å². The second-order valence-electron chi connectivity index (χ2n) is 7.01. The molecule has 0 unspecified atom stereocenters. The van der Waals surface area contributed by atoms with Gasteiger partial charge in [0.2, 0.25) is 11.0 Å². The number of thioether (sulfide) groups is 1. The molecule has 0 fully saturated rings. The molecule has 8 heteroatoms. The maximum absolute atomic E-state index is 6.45. The molecule has 3 aromatic rings. The van der Waals surface area contributed by atoms with Gasteiger partial charge in [-0.1, -0.05) is 85.4 Å². The number of halogens is 2. The maximum Gasteiger partial charge on any atom is 0.247 e. The van der Waals surface area contributed by atoms with Gasteiger partial charge in [-0.25, -0.2) is 0 Å². The summed E-state index contributed by atoms with van der Waals surface area (Å²) in [5, 5.41) is 13.9. The molecule has 1 aliphatic heterocycles. The number of benzene rings is 2. The van der Waals surface area contributed by atoms with Crippen LogP contribution in [0.5, 0.6) is 5.88 Å². The molecule has 1 aromatic heterocycles. The molecule has 1 N–H and O–H groups in total. The van der Waals surface area contributed by atoms with Crippen LogP contribution in [0.2, 0.25) is 10.0 Å². The van der Waals surface area contributed by atoms with Crippen LogP contribution in [0.4, 0.5) is 5.69 Å². The van der Waals surface area contributed by atoms with Gasteiger partial charge in [0.25, 0.3) is 0 Å². The average Bonchev–Trinajstić information content (AvgIpc) is 2.90. The molecule has 2 aromatic carbocycles. The summed E-state index contributed by atoms with van der Waals surface area (Å²) in [6.45, 7) is 2.21. The molecule has 0 amide bonds. The fourth-order valence-electron chi connectivity index (χ4n) is 3.26. The molecule has 0 saturated carbocycles. The Morgan fingerprint density at radius 2 is 1.93 bits per heavy atom. The second-order valence-corrected chi connectivity index (χ2v) is 8.92. The summed E-state index contributed by atoms with van der Waals surface area (Å²) in [4.78, 5) is 4.67. The Kier molecular flexibility index (Phi) is 6.97. The number of unbranched alkanes of at least 4 members (excludes halogenated alkanes) is 3. The van der Waals surface area contributed by atoms with Crippen LogP contribution in [-0.2, 0) is 0 Å². The van der Waals surface area contributed by atoms with E-state index in [1.165, 1.54) is 19.3 Å². The lowest BCUT2D eigenvalue weighted by atomic mass is 10.1. The Morgan fingerprint density at radius 1 is 1.07 bits per heavy atom. The minimum Gasteiger partial charge on any atom is -0.448 e. The summed E-state index contributed by atoms with van der Waals surface area (Å²) in [6.07, 6.45) is 4.28. The molecule has 0 saturated heterocycles. The van der Waals surface area contributed by atoms with Crippen molar-refractivity contribution in [3.63, 3.8) is 0 Å². The number of aromatic nitrogens is 3. The van der Waals surface area contributed by atoms with Crippen molar-refractivity contribution in [1.82, 2.24) is 15.2 Å². The minimum absolute atomic E-state index is 0.439. The molecular weight excluding hydrogens is 439 g/mol. The second kappa shape index (κ2) is 9.86. The minimum atomic E-state index is -0.531. The number of ether oxygens (including phenoxy) is 1. The first-order valence-electron chi connectivity index (χ1n) is 10.0. The number of rotatable bonds is 7. The molecule has 4 rings (SSSR count). The van der Waals surface area contributed by atoms with Crippen LogP contribution in [0.3, 0.4) is 0 Å². The first-order chi connectivity index (χ1) is 14.7. The highest BCUT2D eigenvalue weighted by atomic mass is 35.5. The van der Waals surface area contributed by atoms with Crippen molar-refractivity contribution in [2.75, 3.05) is 11.1 Å². The van der Waals surface area contributed by atoms with E-state index in [1.54, 1.807) is 23.9 Å². The first-order valence-corrected chi connectivity index (χ1v) is 11.7. The predicted molar refractivity (Wildman–Crippen MR) is 124 cm³/mol. The Labute approximate surface area is 190 Å². The molecule has 0 bridgehead atoms. The van der Waals surface area contributed by atoms with Crippen LogP contribution >= 0.6 is 35.0 Å². The van der Waals surface area contributed by atoms with Crippen LogP contribution < -0.4 is 10.1 Å². The third kappa shape index (κ3) is 4.82. The molecule has 30 heavy (non-hydrogen) atoms. The third-order valence-corrected chi connectivity index (χ3v) is 6.29. The molecule has 156 valence electrons. The molecule has 0 radical (unpaired) electrons. The van der Waals surface area contributed by atoms with Gasteiger partial charge in [-0.3, -0.25) is 0 Å². The summed E-state index contributed by atoms with van der Waals surface area (Å²) in [5.74, 6) is 1.40. The first kappa shape index (κ1) is 21.2. The third-order valence-electron chi connectivity index (χ3n) is 4.81. The van der Waals surface area contributed by atoms with E-state index in [4.69, 9.17) is 27.9 Å². The zero-order valence-corrected chi connectivity index (χ0v) is 18.9. The summed E-state index contributed by atoms with van der Waals surface area (Å²) >= 11 is 14.1. The highest BCUT2D eigenvalue weighted by Gasteiger charge is 2.27. The highest BCUT2D eigenvalue weighted by Crippen LogP contribution is 2.40. The van der Waals surface area contributed by atoms with Gasteiger partial charge >= 0.3 is 0 Å². The standard InChI is InChI=1S/C22H22Cl2N4OS/c1-2-3-4-7-12-30-22-26-21-19(27-28-22)16-8-5-6-9-18(16)25-20(29-21)15-11-10-14(23)13-17(15)24/h5-6,8-11,13,20,25H,2-4,7,12H2,1H3/t20-/m1/s1. The van der Waals surface area contributed by atoms with Gasteiger partial charge in [0.15, 0.2) is 11.9 Å². The topological polar surface area (TPSA) is 59.9 Å². The summed E-state index contributed by atoms with van der Waals surface area (Å²) in [7, 11) is 0. The number of fused-ring (bicyclic) bond motifs is 3. The summed E-state index contributed by atoms with van der Waals surface area (Å²) in [6, 6.07) is 13.2. The SMILES string of the molecule is CCCCCCSc1nnc2c(n1)O[C@H](c1ccc(Cl)cc1Cl)Nc1ccccc1-2. The smallest absolute Gasteiger partial charge is 0.247 e. The fourth-order valence-corrected chi connectivity index (χ4v) is 4.54. The van der Waals surface area contributed by atoms with Gasteiger partial charge in [-0.05, 0) is 24.6 Å². The van der Waals surface area contributed by atoms with E-state index < -0.39 is 6.23 Å². The van der Waals surface area contributed by atoms with Gasteiger partial charge in [-0.15, -0.1) is 10.2 Å². The summed E-state index contributed by atoms with van der Waals surface area (Å²) in [5.41, 5.74) is 3.15. The number of nitrogens with zero attached hydrogens (tertiary/aromatic N) is 3. The van der Waals surface area contributed by atoms with Gasteiger partial charge in [0.05, 0.1) is 5.02 Å². The molecule has 1 atom stereocenters. The van der Waals surface area contributed by atoms with E-state index in [1.807, 2.05) is 30.3 Å². The van der Waals surface area contributed by atoms with Crippen molar-refractivity contribution >= 4 is 40.7 Å². The van der Waals surface area contributed by atoms with E-state index >= 15 is 0 Å². The molecule has 0 spiro atoms. The van der Waals surface area contributed by atoms with Crippen LogP contribution in [0, 0.1) is 0 Å². The number of hydrogen-bond acceptors (Lipinski definition) is 6. The van der Waals surface area contributed by atoms with Crippen molar-refractivity contribution in [2.45, 2.75) is 44.0 Å². The Morgan fingerprint density at radius 3 is 2.77 bits per heavy atom. The highest BCUT2D eigenvalue weighted by molar-refractivity contribution is 7.99. The van der Waals surface area contributed by atoms with E-state index in [-0.39, 0.29) is 0 Å². The number of para-hydroxylation sites is 1. The van der Waals surface area contributed by atoms with Gasteiger partial charge in [0, 0.05) is 27.6 Å². The van der Waals surface area contributed by atoms with Crippen LogP contribution in [0.1, 0.15) is 44.4 Å². The van der Waals surface area contributed by atoms with E-state index in [9.17, 15) is 0 Å². The largest absolute Gasteiger partial charge is 0.448 e. The van der Waals surface area contributed by atoms with E-state index in [0.717, 1.165) is 29.0 Å². The van der Waals surface area contributed by atoms with Crippen LogP contribution in [0.15, 0.2) is 47.6 Å². The zero-order chi connectivity index (χ0) is 20.9. The Bertz CT molecular complexity index is 1030. The monoisotopic (exact) mass is 460 g/mol. The Hall–Kier alpha value is -2.02. The van der Waals surface area contributed by atoms with Crippen molar-refractivity contribution in [1.29, 1.82) is 0 Å². The normalized spacial score (nSPS) is 14.8. The lowest BCUT2D eigenvalue weighted by Crippen LogP contribution is -2.17. The molecule has 2 heterocycles.